The van der Waals surface area contributed by atoms with Crippen LogP contribution < -0.4 is 0 Å². The summed E-state index contributed by atoms with van der Waals surface area (Å²) in [6.45, 7) is 2.38. The molecule has 64 valence electrons. The maximum Gasteiger partial charge on any atom is 0.0257 e. The van der Waals surface area contributed by atoms with Crippen LogP contribution in [0.5, 0.6) is 0 Å². The van der Waals surface area contributed by atoms with Crippen molar-refractivity contribution in [1.29, 1.82) is 0 Å². The number of rotatable bonds is 1. The average Bonchev–Trinajstić information content (AvgIpc) is 2.71. The van der Waals surface area contributed by atoms with E-state index in [1.807, 2.05) is 0 Å². The second-order valence-corrected chi connectivity index (χ2v) is 4.91. The van der Waals surface area contributed by atoms with Crippen LogP contribution in [0.25, 0.3) is 0 Å². The van der Waals surface area contributed by atoms with Gasteiger partial charge in [-0.15, -0.1) is 11.6 Å². The first kappa shape index (κ1) is 7.91. The molecule has 0 aromatic rings. The lowest BCUT2D eigenvalue weighted by Gasteiger charge is -2.26. The zero-order valence-electron chi connectivity index (χ0n) is 7.28. The first-order valence-corrected chi connectivity index (χ1v) is 5.36. The van der Waals surface area contributed by atoms with E-state index >= 15 is 0 Å². The molecular weight excluding hydrogens is 156 g/mol. The molecule has 0 saturated heterocycles. The van der Waals surface area contributed by atoms with Crippen LogP contribution in [0.1, 0.15) is 39.0 Å². The molecule has 0 amide bonds. The van der Waals surface area contributed by atoms with E-state index in [0.29, 0.717) is 0 Å². The molecule has 1 unspecified atom stereocenters. The van der Waals surface area contributed by atoms with E-state index < -0.39 is 0 Å². The quantitative estimate of drug-likeness (QED) is 0.532. The van der Waals surface area contributed by atoms with Gasteiger partial charge in [-0.25, -0.2) is 0 Å². The molecule has 0 heterocycles. The maximum atomic E-state index is 5.86. The Morgan fingerprint density at radius 1 is 1.36 bits per heavy atom. The van der Waals surface area contributed by atoms with E-state index in [0.717, 1.165) is 23.1 Å². The van der Waals surface area contributed by atoms with Gasteiger partial charge in [-0.3, -0.25) is 0 Å². The number of hydrogen-bond acceptors (Lipinski definition) is 0. The zero-order valence-corrected chi connectivity index (χ0v) is 8.03. The van der Waals surface area contributed by atoms with E-state index in [-0.39, 0.29) is 0 Å². The van der Waals surface area contributed by atoms with Crippen LogP contribution in [0.4, 0.5) is 0 Å². The summed E-state index contributed by atoms with van der Waals surface area (Å²) in [6.07, 6.45) is 7.26. The summed E-state index contributed by atoms with van der Waals surface area (Å²) in [4.78, 5) is 0. The highest BCUT2D eigenvalue weighted by Crippen LogP contribution is 2.62. The SMILES string of the molecule is CC1CCC2(CC1)CC2CCl. The van der Waals surface area contributed by atoms with Gasteiger partial charge in [-0.1, -0.05) is 19.8 Å². The second-order valence-electron chi connectivity index (χ2n) is 4.60. The minimum absolute atomic E-state index is 0.744. The summed E-state index contributed by atoms with van der Waals surface area (Å²) >= 11 is 5.86. The molecule has 0 aromatic heterocycles. The van der Waals surface area contributed by atoms with Crippen molar-refractivity contribution in [3.05, 3.63) is 0 Å². The molecule has 1 atom stereocenters. The molecule has 0 N–H and O–H groups in total. The van der Waals surface area contributed by atoms with Gasteiger partial charge in [-0.05, 0) is 36.5 Å². The molecule has 11 heavy (non-hydrogen) atoms. The first-order valence-electron chi connectivity index (χ1n) is 4.83. The smallest absolute Gasteiger partial charge is 0.0257 e. The highest BCUT2D eigenvalue weighted by molar-refractivity contribution is 6.18. The van der Waals surface area contributed by atoms with Crippen molar-refractivity contribution in [2.24, 2.45) is 17.3 Å². The van der Waals surface area contributed by atoms with Gasteiger partial charge in [0, 0.05) is 5.88 Å². The molecule has 0 aliphatic heterocycles. The third kappa shape index (κ3) is 1.30. The zero-order chi connectivity index (χ0) is 7.90. The number of alkyl halides is 1. The molecule has 0 bridgehead atoms. The van der Waals surface area contributed by atoms with Gasteiger partial charge in [0.2, 0.25) is 0 Å². The summed E-state index contributed by atoms with van der Waals surface area (Å²) in [5.74, 6) is 2.78. The van der Waals surface area contributed by atoms with E-state index in [2.05, 4.69) is 6.92 Å². The lowest BCUT2D eigenvalue weighted by atomic mass is 9.79. The molecule has 0 radical (unpaired) electrons. The topological polar surface area (TPSA) is 0 Å². The summed E-state index contributed by atoms with van der Waals surface area (Å²) < 4.78 is 0. The lowest BCUT2D eigenvalue weighted by molar-refractivity contribution is 0.256. The van der Waals surface area contributed by atoms with E-state index in [4.69, 9.17) is 11.6 Å². The normalized spacial score (nSPS) is 49.6. The summed E-state index contributed by atoms with van der Waals surface area (Å²) in [6, 6.07) is 0. The summed E-state index contributed by atoms with van der Waals surface area (Å²) in [5.41, 5.74) is 0.744. The molecule has 2 aliphatic rings. The van der Waals surface area contributed by atoms with Crippen molar-refractivity contribution in [2.75, 3.05) is 5.88 Å². The van der Waals surface area contributed by atoms with Crippen molar-refractivity contribution in [3.63, 3.8) is 0 Å². The fourth-order valence-electron chi connectivity index (χ4n) is 2.60. The Kier molecular flexibility index (Phi) is 1.91. The van der Waals surface area contributed by atoms with Gasteiger partial charge < -0.3 is 0 Å². The predicted molar refractivity (Wildman–Crippen MR) is 48.9 cm³/mol. The van der Waals surface area contributed by atoms with Crippen LogP contribution in [0, 0.1) is 17.3 Å². The van der Waals surface area contributed by atoms with Crippen molar-refractivity contribution in [2.45, 2.75) is 39.0 Å². The van der Waals surface area contributed by atoms with Gasteiger partial charge in [0.25, 0.3) is 0 Å². The Morgan fingerprint density at radius 3 is 2.45 bits per heavy atom. The third-order valence-corrected chi connectivity index (χ3v) is 4.19. The van der Waals surface area contributed by atoms with Crippen LogP contribution in [0.15, 0.2) is 0 Å². The summed E-state index contributed by atoms with van der Waals surface area (Å²) in [5, 5.41) is 0. The third-order valence-electron chi connectivity index (χ3n) is 3.82. The van der Waals surface area contributed by atoms with Crippen LogP contribution in [-0.2, 0) is 0 Å². The Bertz CT molecular complexity index is 145. The standard InChI is InChI=1S/C10H17Cl/c1-8-2-4-10(5-3-8)6-9(10)7-11/h8-9H,2-7H2,1H3. The van der Waals surface area contributed by atoms with Gasteiger partial charge in [0.05, 0.1) is 0 Å². The largest absolute Gasteiger partial charge is 0.126 e. The van der Waals surface area contributed by atoms with Crippen molar-refractivity contribution >= 4 is 11.6 Å². The average molecular weight is 173 g/mol. The molecular formula is C10H17Cl. The van der Waals surface area contributed by atoms with Gasteiger partial charge in [0.15, 0.2) is 0 Å². The fraction of sp³-hybridized carbons (Fsp3) is 1.00. The van der Waals surface area contributed by atoms with Crippen molar-refractivity contribution in [1.82, 2.24) is 0 Å². The molecule has 2 fully saturated rings. The molecule has 1 heteroatoms. The first-order chi connectivity index (χ1) is 5.27. The van der Waals surface area contributed by atoms with Gasteiger partial charge in [-0.2, -0.15) is 0 Å². The van der Waals surface area contributed by atoms with Crippen LogP contribution in [0.2, 0.25) is 0 Å². The van der Waals surface area contributed by atoms with E-state index in [1.54, 1.807) is 0 Å². The summed E-state index contributed by atoms with van der Waals surface area (Å²) in [7, 11) is 0. The monoisotopic (exact) mass is 172 g/mol. The number of hydrogen-bond donors (Lipinski definition) is 0. The Morgan fingerprint density at radius 2 is 2.00 bits per heavy atom. The van der Waals surface area contributed by atoms with Crippen LogP contribution >= 0.6 is 11.6 Å². The van der Waals surface area contributed by atoms with Crippen molar-refractivity contribution in [3.8, 4) is 0 Å². The van der Waals surface area contributed by atoms with Crippen LogP contribution in [-0.4, -0.2) is 5.88 Å². The highest BCUT2D eigenvalue weighted by Gasteiger charge is 2.53. The second kappa shape index (κ2) is 2.65. The molecule has 0 aromatic carbocycles. The van der Waals surface area contributed by atoms with Gasteiger partial charge >= 0.3 is 0 Å². The van der Waals surface area contributed by atoms with E-state index in [9.17, 15) is 0 Å². The highest BCUT2D eigenvalue weighted by atomic mass is 35.5. The Balaban J connectivity index is 1.89. The molecule has 2 rings (SSSR count). The fourth-order valence-corrected chi connectivity index (χ4v) is 3.04. The van der Waals surface area contributed by atoms with Gasteiger partial charge in [0.1, 0.15) is 0 Å². The predicted octanol–water partition coefficient (Wildman–Crippen LogP) is 3.44. The number of halogens is 1. The molecule has 0 nitrogen and oxygen atoms in total. The molecule has 2 saturated carbocycles. The van der Waals surface area contributed by atoms with Crippen molar-refractivity contribution < 1.29 is 0 Å². The maximum absolute atomic E-state index is 5.86. The minimum Gasteiger partial charge on any atom is -0.126 e. The minimum atomic E-state index is 0.744. The Hall–Kier alpha value is 0.290. The molecule has 1 spiro atoms. The van der Waals surface area contributed by atoms with E-state index in [1.165, 1.54) is 32.1 Å². The lowest BCUT2D eigenvalue weighted by Crippen LogP contribution is -2.15. The molecule has 2 aliphatic carbocycles. The van der Waals surface area contributed by atoms with Crippen LogP contribution in [0.3, 0.4) is 0 Å². The Labute approximate surface area is 74.3 Å².